The van der Waals surface area contributed by atoms with Gasteiger partial charge in [0.2, 0.25) is 0 Å². The van der Waals surface area contributed by atoms with Crippen LogP contribution >= 0.6 is 12.6 Å². The zero-order chi connectivity index (χ0) is 8.97. The van der Waals surface area contributed by atoms with E-state index >= 15 is 0 Å². The zero-order valence-electron chi connectivity index (χ0n) is 6.82. The van der Waals surface area contributed by atoms with Gasteiger partial charge in [-0.1, -0.05) is 30.3 Å². The Labute approximate surface area is 77.5 Å². The molecule has 0 aliphatic heterocycles. The monoisotopic (exact) mass is 178 g/mol. The van der Waals surface area contributed by atoms with Crippen LogP contribution in [-0.4, -0.2) is 6.29 Å². The van der Waals surface area contributed by atoms with E-state index in [1.54, 1.807) is 6.92 Å². The van der Waals surface area contributed by atoms with Crippen molar-refractivity contribution in [1.82, 2.24) is 0 Å². The summed E-state index contributed by atoms with van der Waals surface area (Å²) in [5, 5.41) is 0. The van der Waals surface area contributed by atoms with Crippen molar-refractivity contribution in [3.8, 4) is 0 Å². The van der Waals surface area contributed by atoms with Crippen LogP contribution in [0.15, 0.2) is 35.9 Å². The maximum atomic E-state index is 10.4. The van der Waals surface area contributed by atoms with E-state index in [1.807, 2.05) is 30.3 Å². The minimum absolute atomic E-state index is 0.657. The second-order valence-electron chi connectivity index (χ2n) is 2.52. The molecule has 1 aromatic rings. The lowest BCUT2D eigenvalue weighted by atomic mass is 10.1. The van der Waals surface area contributed by atoms with Crippen LogP contribution in [0.5, 0.6) is 0 Å². The molecule has 0 saturated carbocycles. The molecule has 1 nitrogen and oxygen atoms in total. The first-order valence-electron chi connectivity index (χ1n) is 3.66. The van der Waals surface area contributed by atoms with Gasteiger partial charge >= 0.3 is 0 Å². The van der Waals surface area contributed by atoms with Crippen molar-refractivity contribution < 1.29 is 4.79 Å². The van der Waals surface area contributed by atoms with Crippen LogP contribution in [0.4, 0.5) is 0 Å². The van der Waals surface area contributed by atoms with Gasteiger partial charge in [-0.25, -0.2) is 0 Å². The number of carbonyl (C=O) groups excluding carboxylic acids is 1. The number of rotatable bonds is 2. The Balaban J connectivity index is 3.08. The molecule has 0 N–H and O–H groups in total. The van der Waals surface area contributed by atoms with Gasteiger partial charge in [-0.05, 0) is 12.5 Å². The number of hydrogen-bond donors (Lipinski definition) is 1. The van der Waals surface area contributed by atoms with Gasteiger partial charge in [0.05, 0.1) is 0 Å². The van der Waals surface area contributed by atoms with Gasteiger partial charge in [-0.3, -0.25) is 4.79 Å². The fourth-order valence-electron chi connectivity index (χ4n) is 0.880. The van der Waals surface area contributed by atoms with Crippen molar-refractivity contribution >= 4 is 23.8 Å². The molecule has 0 amide bonds. The summed E-state index contributed by atoms with van der Waals surface area (Å²) in [5.41, 5.74) is 1.63. The summed E-state index contributed by atoms with van der Waals surface area (Å²) >= 11 is 4.24. The quantitative estimate of drug-likeness (QED) is 0.418. The van der Waals surface area contributed by atoms with Gasteiger partial charge < -0.3 is 0 Å². The Morgan fingerprint density at radius 3 is 2.42 bits per heavy atom. The molecule has 0 bridgehead atoms. The van der Waals surface area contributed by atoms with E-state index in [9.17, 15) is 4.79 Å². The largest absolute Gasteiger partial charge is 0.298 e. The Morgan fingerprint density at radius 1 is 1.33 bits per heavy atom. The lowest BCUT2D eigenvalue weighted by molar-refractivity contribution is -0.104. The van der Waals surface area contributed by atoms with Crippen LogP contribution in [0.25, 0.3) is 4.91 Å². The first-order valence-corrected chi connectivity index (χ1v) is 4.11. The summed E-state index contributed by atoms with van der Waals surface area (Å²) in [6.45, 7) is 1.75. The van der Waals surface area contributed by atoms with Crippen molar-refractivity contribution in [2.75, 3.05) is 0 Å². The SMILES string of the molecule is CC(C=O)=C(S)c1ccccc1. The first kappa shape index (κ1) is 9.07. The van der Waals surface area contributed by atoms with Gasteiger partial charge in [-0.15, -0.1) is 12.6 Å². The average molecular weight is 178 g/mol. The predicted molar refractivity (Wildman–Crippen MR) is 54.1 cm³/mol. The lowest BCUT2D eigenvalue weighted by Crippen LogP contribution is -1.83. The third kappa shape index (κ3) is 1.98. The lowest BCUT2D eigenvalue weighted by Gasteiger charge is -2.00. The van der Waals surface area contributed by atoms with Crippen LogP contribution in [0, 0.1) is 0 Å². The maximum absolute atomic E-state index is 10.4. The van der Waals surface area contributed by atoms with Crippen LogP contribution in [0.3, 0.4) is 0 Å². The molecule has 0 aliphatic rings. The molecule has 12 heavy (non-hydrogen) atoms. The topological polar surface area (TPSA) is 17.1 Å². The third-order valence-electron chi connectivity index (χ3n) is 1.60. The molecule has 0 unspecified atom stereocenters. The van der Waals surface area contributed by atoms with E-state index in [-0.39, 0.29) is 0 Å². The summed E-state index contributed by atoms with van der Waals surface area (Å²) in [4.78, 5) is 11.2. The molecule has 0 radical (unpaired) electrons. The predicted octanol–water partition coefficient (Wildman–Crippen LogP) is 2.55. The molecule has 1 rings (SSSR count). The molecule has 0 fully saturated rings. The van der Waals surface area contributed by atoms with Crippen molar-refractivity contribution in [3.05, 3.63) is 41.5 Å². The molecule has 0 heterocycles. The Kier molecular flexibility index (Phi) is 3.11. The number of hydrogen-bond acceptors (Lipinski definition) is 2. The summed E-state index contributed by atoms with van der Waals surface area (Å²) in [6, 6.07) is 9.62. The first-order chi connectivity index (χ1) is 5.75. The molecule has 1 aromatic carbocycles. The van der Waals surface area contributed by atoms with Crippen molar-refractivity contribution in [3.63, 3.8) is 0 Å². The molecular formula is C10H10OS. The van der Waals surface area contributed by atoms with Crippen molar-refractivity contribution in [2.24, 2.45) is 0 Å². The van der Waals surface area contributed by atoms with Gasteiger partial charge in [0.15, 0.2) is 0 Å². The van der Waals surface area contributed by atoms with Gasteiger partial charge in [0.1, 0.15) is 6.29 Å². The average Bonchev–Trinajstić information content (AvgIpc) is 2.17. The van der Waals surface area contributed by atoms with E-state index in [0.717, 1.165) is 16.8 Å². The fourth-order valence-corrected chi connectivity index (χ4v) is 1.08. The number of allylic oxidation sites excluding steroid dienone is 1. The number of aldehydes is 1. The summed E-state index contributed by atoms with van der Waals surface area (Å²) < 4.78 is 0. The number of carbonyl (C=O) groups is 1. The smallest absolute Gasteiger partial charge is 0.146 e. The molecule has 62 valence electrons. The van der Waals surface area contributed by atoms with E-state index in [0.29, 0.717) is 5.57 Å². The minimum atomic E-state index is 0.657. The van der Waals surface area contributed by atoms with Crippen LogP contribution < -0.4 is 0 Å². The summed E-state index contributed by atoms with van der Waals surface area (Å²) in [5.74, 6) is 0. The van der Waals surface area contributed by atoms with Gasteiger partial charge in [0.25, 0.3) is 0 Å². The fraction of sp³-hybridized carbons (Fsp3) is 0.100. The van der Waals surface area contributed by atoms with Gasteiger partial charge in [-0.2, -0.15) is 0 Å². The highest BCUT2D eigenvalue weighted by molar-refractivity contribution is 7.90. The van der Waals surface area contributed by atoms with Crippen molar-refractivity contribution in [2.45, 2.75) is 6.92 Å². The van der Waals surface area contributed by atoms with E-state index in [2.05, 4.69) is 12.6 Å². The number of thiol groups is 1. The summed E-state index contributed by atoms with van der Waals surface area (Å²) in [7, 11) is 0. The van der Waals surface area contributed by atoms with Crippen LogP contribution in [-0.2, 0) is 4.79 Å². The van der Waals surface area contributed by atoms with E-state index in [1.165, 1.54) is 0 Å². The van der Waals surface area contributed by atoms with Crippen LogP contribution in [0.1, 0.15) is 12.5 Å². The molecule has 0 saturated heterocycles. The normalized spacial score (nSPS) is 12.2. The molecule has 0 aliphatic carbocycles. The third-order valence-corrected chi connectivity index (χ3v) is 2.21. The molecule has 0 atom stereocenters. The second-order valence-corrected chi connectivity index (χ2v) is 2.96. The number of benzene rings is 1. The van der Waals surface area contributed by atoms with Gasteiger partial charge in [0, 0.05) is 10.5 Å². The van der Waals surface area contributed by atoms with E-state index < -0.39 is 0 Å². The summed E-state index contributed by atoms with van der Waals surface area (Å²) in [6.07, 6.45) is 0.815. The van der Waals surface area contributed by atoms with E-state index in [4.69, 9.17) is 0 Å². The Morgan fingerprint density at radius 2 is 1.92 bits per heavy atom. The standard InChI is InChI=1S/C10H10OS/c1-8(7-11)10(12)9-5-3-2-4-6-9/h2-7,12H,1H3. The molecule has 2 heteroatoms. The molecule has 0 spiro atoms. The maximum Gasteiger partial charge on any atom is 0.146 e. The Hall–Kier alpha value is -1.02. The molecule has 0 aromatic heterocycles. The zero-order valence-corrected chi connectivity index (χ0v) is 7.71. The molecular weight excluding hydrogens is 168 g/mol. The highest BCUT2D eigenvalue weighted by atomic mass is 32.1. The highest BCUT2D eigenvalue weighted by Gasteiger charge is 1.98. The minimum Gasteiger partial charge on any atom is -0.298 e. The van der Waals surface area contributed by atoms with Crippen LogP contribution in [0.2, 0.25) is 0 Å². The Bertz CT molecular complexity index is 301. The highest BCUT2D eigenvalue weighted by Crippen LogP contribution is 2.20. The van der Waals surface area contributed by atoms with Crippen molar-refractivity contribution in [1.29, 1.82) is 0 Å². The second kappa shape index (κ2) is 4.12.